The van der Waals surface area contributed by atoms with Crippen LogP contribution in [0, 0.1) is 18.6 Å². The van der Waals surface area contributed by atoms with Gasteiger partial charge in [-0.15, -0.1) is 0 Å². The average molecular weight is 342 g/mol. The molecular formula is C16H14ClF2NO3. The van der Waals surface area contributed by atoms with Crippen molar-refractivity contribution < 1.29 is 18.3 Å². The highest BCUT2D eigenvalue weighted by Crippen LogP contribution is 2.40. The van der Waals surface area contributed by atoms with Gasteiger partial charge in [0, 0.05) is 17.8 Å². The lowest BCUT2D eigenvalue weighted by Gasteiger charge is -2.16. The molecule has 1 aromatic heterocycles. The first kappa shape index (κ1) is 15.9. The maximum Gasteiger partial charge on any atom is 0.343 e. The van der Waals surface area contributed by atoms with Crippen molar-refractivity contribution >= 4 is 28.5 Å². The zero-order chi connectivity index (χ0) is 16.9. The molecule has 7 heteroatoms. The van der Waals surface area contributed by atoms with Crippen LogP contribution in [0.1, 0.15) is 41.7 Å². The molecular weight excluding hydrogens is 328 g/mol. The molecule has 2 aromatic rings. The number of nitrogens with zero attached hydrogens (tertiary/aromatic N) is 1. The Labute approximate surface area is 135 Å². The first-order chi connectivity index (χ1) is 10.9. The fourth-order valence-electron chi connectivity index (χ4n) is 2.69. The molecule has 3 rings (SSSR count). The number of benzene rings is 1. The van der Waals surface area contributed by atoms with Gasteiger partial charge in [0.15, 0.2) is 11.6 Å². The molecule has 1 aliphatic carbocycles. The van der Waals surface area contributed by atoms with Crippen molar-refractivity contribution in [1.29, 1.82) is 0 Å². The number of rotatable bonds is 3. The highest BCUT2D eigenvalue weighted by Gasteiger charge is 2.30. The van der Waals surface area contributed by atoms with Gasteiger partial charge in [0.25, 0.3) is 0 Å². The summed E-state index contributed by atoms with van der Waals surface area (Å²) in [6.45, 7) is 3.11. The third-order valence-electron chi connectivity index (χ3n) is 3.96. The van der Waals surface area contributed by atoms with Crippen molar-refractivity contribution in [3.8, 4) is 0 Å². The van der Waals surface area contributed by atoms with Crippen LogP contribution in [-0.2, 0) is 4.74 Å². The van der Waals surface area contributed by atoms with Crippen molar-refractivity contribution in [3.05, 3.63) is 44.2 Å². The van der Waals surface area contributed by atoms with Crippen LogP contribution < -0.4 is 5.43 Å². The van der Waals surface area contributed by atoms with Gasteiger partial charge in [-0.1, -0.05) is 11.6 Å². The van der Waals surface area contributed by atoms with Gasteiger partial charge in [0.1, 0.15) is 5.56 Å². The number of hydrogen-bond acceptors (Lipinski definition) is 3. The number of hydrogen-bond donors (Lipinski definition) is 0. The summed E-state index contributed by atoms with van der Waals surface area (Å²) in [4.78, 5) is 24.6. The SMILES string of the molecule is CCOC(=O)c1cn(C2CC2)c2c(C)c(F)c(F)c(Cl)c2c1=O. The summed E-state index contributed by atoms with van der Waals surface area (Å²) in [5, 5.41) is -0.783. The smallest absolute Gasteiger partial charge is 0.343 e. The summed E-state index contributed by atoms with van der Waals surface area (Å²) in [6.07, 6.45) is 3.02. The minimum Gasteiger partial charge on any atom is -0.462 e. The molecule has 1 aliphatic rings. The average Bonchev–Trinajstić information content (AvgIpc) is 3.35. The molecule has 0 aliphatic heterocycles. The highest BCUT2D eigenvalue weighted by molar-refractivity contribution is 6.35. The molecule has 0 N–H and O–H groups in total. The summed E-state index contributed by atoms with van der Waals surface area (Å²) in [5.74, 6) is -3.16. The molecule has 1 saturated carbocycles. The Morgan fingerprint density at radius 1 is 1.39 bits per heavy atom. The van der Waals surface area contributed by atoms with Crippen LogP contribution in [0.3, 0.4) is 0 Å². The normalized spacial score (nSPS) is 14.3. The lowest BCUT2D eigenvalue weighted by molar-refractivity contribution is 0.0524. The number of aryl methyl sites for hydroxylation is 1. The van der Waals surface area contributed by atoms with Crippen molar-refractivity contribution in [2.45, 2.75) is 32.7 Å². The van der Waals surface area contributed by atoms with Crippen molar-refractivity contribution in [3.63, 3.8) is 0 Å². The third-order valence-corrected chi connectivity index (χ3v) is 4.31. The number of ether oxygens (including phenoxy) is 1. The summed E-state index contributed by atoms with van der Waals surface area (Å²) in [5.41, 5.74) is -0.739. The highest BCUT2D eigenvalue weighted by atomic mass is 35.5. The second-order valence-corrected chi connectivity index (χ2v) is 5.90. The minimum absolute atomic E-state index is 0.00121. The van der Waals surface area contributed by atoms with Gasteiger partial charge in [-0.25, -0.2) is 13.6 Å². The van der Waals surface area contributed by atoms with Gasteiger partial charge in [0.05, 0.1) is 22.5 Å². The maximum atomic E-state index is 14.0. The Balaban J connectivity index is 2.46. The van der Waals surface area contributed by atoms with Crippen LogP contribution >= 0.6 is 11.6 Å². The van der Waals surface area contributed by atoms with Crippen molar-refractivity contribution in [2.75, 3.05) is 6.61 Å². The van der Waals surface area contributed by atoms with Gasteiger partial charge in [-0.05, 0) is 26.7 Å². The largest absolute Gasteiger partial charge is 0.462 e. The Morgan fingerprint density at radius 2 is 2.04 bits per heavy atom. The lowest BCUT2D eigenvalue weighted by atomic mass is 10.1. The fraction of sp³-hybridized carbons (Fsp3) is 0.375. The van der Waals surface area contributed by atoms with Crippen LogP contribution in [0.4, 0.5) is 8.78 Å². The van der Waals surface area contributed by atoms with E-state index in [9.17, 15) is 18.4 Å². The monoisotopic (exact) mass is 341 g/mol. The van der Waals surface area contributed by atoms with E-state index < -0.39 is 28.1 Å². The number of carbonyl (C=O) groups is 1. The van der Waals surface area contributed by atoms with E-state index in [-0.39, 0.29) is 34.7 Å². The summed E-state index contributed by atoms with van der Waals surface area (Å²) in [6, 6.07) is 0.0332. The molecule has 0 unspecified atom stereocenters. The molecule has 0 bridgehead atoms. The van der Waals surface area contributed by atoms with Crippen molar-refractivity contribution in [1.82, 2.24) is 4.57 Å². The molecule has 4 nitrogen and oxygen atoms in total. The Bertz CT molecular complexity index is 887. The van der Waals surface area contributed by atoms with Crippen LogP contribution in [0.2, 0.25) is 5.02 Å². The zero-order valence-corrected chi connectivity index (χ0v) is 13.3. The summed E-state index contributed by atoms with van der Waals surface area (Å²) in [7, 11) is 0. The van der Waals surface area contributed by atoms with E-state index in [0.717, 1.165) is 12.8 Å². The van der Waals surface area contributed by atoms with Gasteiger partial charge in [-0.2, -0.15) is 0 Å². The molecule has 23 heavy (non-hydrogen) atoms. The molecule has 0 radical (unpaired) electrons. The molecule has 0 atom stereocenters. The number of aromatic nitrogens is 1. The standard InChI is InChI=1S/C16H14ClF2NO3/c1-3-23-16(22)9-6-20(8-4-5-8)14-7(2)12(18)13(19)11(17)10(14)15(9)21/h6,8H,3-5H2,1-2H3. The second-order valence-electron chi connectivity index (χ2n) is 5.52. The fourth-order valence-corrected chi connectivity index (χ4v) is 2.95. The number of halogens is 3. The first-order valence-corrected chi connectivity index (χ1v) is 7.65. The van der Waals surface area contributed by atoms with Gasteiger partial charge in [0.2, 0.25) is 5.43 Å². The Hall–Kier alpha value is -1.95. The molecule has 1 heterocycles. The summed E-state index contributed by atoms with van der Waals surface area (Å²) < 4.78 is 34.5. The maximum absolute atomic E-state index is 14.0. The minimum atomic E-state index is -1.28. The van der Waals surface area contributed by atoms with Crippen LogP contribution in [-0.4, -0.2) is 17.1 Å². The van der Waals surface area contributed by atoms with E-state index in [4.69, 9.17) is 16.3 Å². The van der Waals surface area contributed by atoms with E-state index in [1.165, 1.54) is 13.1 Å². The van der Waals surface area contributed by atoms with Gasteiger partial charge >= 0.3 is 5.97 Å². The van der Waals surface area contributed by atoms with Crippen LogP contribution in [0.5, 0.6) is 0 Å². The molecule has 1 aromatic carbocycles. The van der Waals surface area contributed by atoms with Gasteiger partial charge < -0.3 is 9.30 Å². The predicted octanol–water partition coefficient (Wildman–Crippen LogP) is 3.75. The number of esters is 1. The molecule has 0 spiro atoms. The van der Waals surface area contributed by atoms with Crippen LogP contribution in [0.25, 0.3) is 10.9 Å². The van der Waals surface area contributed by atoms with E-state index in [2.05, 4.69) is 0 Å². The summed E-state index contributed by atoms with van der Waals surface area (Å²) >= 11 is 5.88. The van der Waals surface area contributed by atoms with E-state index in [1.54, 1.807) is 11.5 Å². The second kappa shape index (κ2) is 5.60. The van der Waals surface area contributed by atoms with Gasteiger partial charge in [-0.3, -0.25) is 4.79 Å². The molecule has 1 fully saturated rings. The van der Waals surface area contributed by atoms with E-state index in [1.807, 2.05) is 0 Å². The number of fused-ring (bicyclic) bond motifs is 1. The molecule has 122 valence electrons. The predicted molar refractivity (Wildman–Crippen MR) is 82.1 cm³/mol. The van der Waals surface area contributed by atoms with Crippen LogP contribution in [0.15, 0.2) is 11.0 Å². The lowest BCUT2D eigenvalue weighted by Crippen LogP contribution is -2.22. The number of pyridine rings is 1. The zero-order valence-electron chi connectivity index (χ0n) is 12.6. The first-order valence-electron chi connectivity index (χ1n) is 7.27. The Kier molecular flexibility index (Phi) is 3.88. The number of carbonyl (C=O) groups excluding carboxylic acids is 1. The van der Waals surface area contributed by atoms with E-state index in [0.29, 0.717) is 0 Å². The van der Waals surface area contributed by atoms with E-state index >= 15 is 0 Å². The molecule has 0 amide bonds. The Morgan fingerprint density at radius 3 is 2.61 bits per heavy atom. The molecule has 0 saturated heterocycles. The van der Waals surface area contributed by atoms with Crippen molar-refractivity contribution in [2.24, 2.45) is 0 Å². The third kappa shape index (κ3) is 2.41. The topological polar surface area (TPSA) is 48.3 Å². The quantitative estimate of drug-likeness (QED) is 0.631.